The SMILES string of the molecule is CNCCC1COC(=O)N1C1CCS(=O)(=O)C1. The van der Waals surface area contributed by atoms with Crippen molar-refractivity contribution in [2.75, 3.05) is 31.7 Å². The molecular weight excluding hydrogens is 244 g/mol. The van der Waals surface area contributed by atoms with Crippen LogP contribution in [-0.2, 0) is 14.6 Å². The van der Waals surface area contributed by atoms with Crippen LogP contribution in [0.5, 0.6) is 0 Å². The van der Waals surface area contributed by atoms with Crippen LogP contribution in [0.25, 0.3) is 0 Å². The Morgan fingerprint density at radius 1 is 1.53 bits per heavy atom. The predicted molar refractivity (Wildman–Crippen MR) is 62.6 cm³/mol. The van der Waals surface area contributed by atoms with Crippen LogP contribution in [0.15, 0.2) is 0 Å². The quantitative estimate of drug-likeness (QED) is 0.746. The van der Waals surface area contributed by atoms with E-state index in [1.54, 1.807) is 4.90 Å². The third-order valence-electron chi connectivity index (χ3n) is 3.33. The van der Waals surface area contributed by atoms with E-state index in [1.165, 1.54) is 0 Å². The van der Waals surface area contributed by atoms with Crippen molar-refractivity contribution in [1.82, 2.24) is 10.2 Å². The molecule has 2 fully saturated rings. The van der Waals surface area contributed by atoms with Gasteiger partial charge in [-0.05, 0) is 26.4 Å². The van der Waals surface area contributed by atoms with Crippen LogP contribution in [0.3, 0.4) is 0 Å². The number of carbonyl (C=O) groups excluding carboxylic acids is 1. The van der Waals surface area contributed by atoms with Crippen molar-refractivity contribution in [2.45, 2.75) is 24.9 Å². The lowest BCUT2D eigenvalue weighted by atomic mass is 10.1. The van der Waals surface area contributed by atoms with Gasteiger partial charge in [-0.3, -0.25) is 4.90 Å². The molecule has 2 aliphatic rings. The van der Waals surface area contributed by atoms with Gasteiger partial charge in [0.1, 0.15) is 6.61 Å². The van der Waals surface area contributed by atoms with Crippen molar-refractivity contribution < 1.29 is 17.9 Å². The lowest BCUT2D eigenvalue weighted by molar-refractivity contribution is 0.147. The molecule has 0 aromatic heterocycles. The van der Waals surface area contributed by atoms with E-state index >= 15 is 0 Å². The number of nitrogens with zero attached hydrogens (tertiary/aromatic N) is 1. The maximum atomic E-state index is 11.6. The normalized spacial score (nSPS) is 31.8. The Hall–Kier alpha value is -0.820. The number of amides is 1. The van der Waals surface area contributed by atoms with E-state index in [0.717, 1.165) is 13.0 Å². The number of hydrogen-bond acceptors (Lipinski definition) is 5. The third-order valence-corrected chi connectivity index (χ3v) is 5.08. The van der Waals surface area contributed by atoms with Gasteiger partial charge in [0.15, 0.2) is 9.84 Å². The van der Waals surface area contributed by atoms with Gasteiger partial charge in [-0.2, -0.15) is 0 Å². The van der Waals surface area contributed by atoms with Crippen LogP contribution in [0.4, 0.5) is 4.79 Å². The molecule has 2 aliphatic heterocycles. The van der Waals surface area contributed by atoms with Gasteiger partial charge in [0.05, 0.1) is 23.6 Å². The van der Waals surface area contributed by atoms with Crippen molar-refractivity contribution in [1.29, 1.82) is 0 Å². The van der Waals surface area contributed by atoms with E-state index in [4.69, 9.17) is 4.74 Å². The Labute approximate surface area is 101 Å². The van der Waals surface area contributed by atoms with E-state index in [-0.39, 0.29) is 29.7 Å². The van der Waals surface area contributed by atoms with Crippen molar-refractivity contribution >= 4 is 15.9 Å². The van der Waals surface area contributed by atoms with Crippen LogP contribution in [0, 0.1) is 0 Å². The van der Waals surface area contributed by atoms with Crippen LogP contribution >= 0.6 is 0 Å². The zero-order chi connectivity index (χ0) is 12.5. The first-order chi connectivity index (χ1) is 8.03. The summed E-state index contributed by atoms with van der Waals surface area (Å²) in [6.07, 6.45) is 0.958. The summed E-state index contributed by atoms with van der Waals surface area (Å²) in [4.78, 5) is 13.3. The molecular formula is C10H18N2O4S. The van der Waals surface area contributed by atoms with E-state index in [0.29, 0.717) is 13.0 Å². The van der Waals surface area contributed by atoms with Crippen LogP contribution in [0.2, 0.25) is 0 Å². The predicted octanol–water partition coefficient (Wildman–Crippen LogP) is -0.396. The second-order valence-corrected chi connectivity index (χ2v) is 6.82. The summed E-state index contributed by atoms with van der Waals surface area (Å²) in [7, 11) is -1.12. The number of ether oxygens (including phenoxy) is 1. The van der Waals surface area contributed by atoms with E-state index in [9.17, 15) is 13.2 Å². The lowest BCUT2D eigenvalue weighted by Crippen LogP contribution is -2.43. The minimum absolute atomic E-state index is 0.00764. The summed E-state index contributed by atoms with van der Waals surface area (Å²) in [6, 6.07) is -0.190. The van der Waals surface area contributed by atoms with Crippen LogP contribution in [0.1, 0.15) is 12.8 Å². The number of cyclic esters (lactones) is 1. The highest BCUT2D eigenvalue weighted by molar-refractivity contribution is 7.91. The Bertz CT molecular complexity index is 395. The second kappa shape index (κ2) is 4.81. The standard InChI is InChI=1S/C10H18N2O4S/c1-11-4-2-8-6-16-10(13)12(8)9-3-5-17(14,15)7-9/h8-9,11H,2-7H2,1H3. The van der Waals surface area contributed by atoms with Gasteiger partial charge in [-0.1, -0.05) is 0 Å². The monoisotopic (exact) mass is 262 g/mol. The molecule has 0 bridgehead atoms. The molecule has 1 N–H and O–H groups in total. The average molecular weight is 262 g/mol. The first-order valence-electron chi connectivity index (χ1n) is 5.83. The van der Waals surface area contributed by atoms with Gasteiger partial charge in [0.2, 0.25) is 0 Å². The summed E-state index contributed by atoms with van der Waals surface area (Å²) >= 11 is 0. The molecule has 2 saturated heterocycles. The second-order valence-electron chi connectivity index (χ2n) is 4.59. The highest BCUT2D eigenvalue weighted by Gasteiger charge is 2.42. The molecule has 0 aliphatic carbocycles. The van der Waals surface area contributed by atoms with Gasteiger partial charge in [-0.15, -0.1) is 0 Å². The molecule has 2 heterocycles. The van der Waals surface area contributed by atoms with Crippen molar-refractivity contribution in [2.24, 2.45) is 0 Å². The Morgan fingerprint density at radius 2 is 2.29 bits per heavy atom. The summed E-state index contributed by atoms with van der Waals surface area (Å²) in [5.74, 6) is 0.262. The highest BCUT2D eigenvalue weighted by Crippen LogP contribution is 2.25. The van der Waals surface area contributed by atoms with Crippen molar-refractivity contribution in [3.8, 4) is 0 Å². The molecule has 2 rings (SSSR count). The molecule has 2 unspecified atom stereocenters. The number of hydrogen-bond donors (Lipinski definition) is 1. The van der Waals surface area contributed by atoms with Gasteiger partial charge < -0.3 is 10.1 Å². The zero-order valence-corrected chi connectivity index (χ0v) is 10.7. The fourth-order valence-corrected chi connectivity index (χ4v) is 4.16. The number of rotatable bonds is 4. The number of sulfone groups is 1. The van der Waals surface area contributed by atoms with Gasteiger partial charge in [-0.25, -0.2) is 13.2 Å². The number of carbonyl (C=O) groups is 1. The molecule has 7 heteroatoms. The molecule has 1 amide bonds. The minimum Gasteiger partial charge on any atom is -0.447 e. The summed E-state index contributed by atoms with van der Waals surface area (Å²) in [5.41, 5.74) is 0. The average Bonchev–Trinajstić information content (AvgIpc) is 2.79. The van der Waals surface area contributed by atoms with Crippen LogP contribution in [-0.4, -0.2) is 63.2 Å². The highest BCUT2D eigenvalue weighted by atomic mass is 32.2. The molecule has 0 aromatic carbocycles. The lowest BCUT2D eigenvalue weighted by Gasteiger charge is -2.26. The fourth-order valence-electron chi connectivity index (χ4n) is 2.45. The van der Waals surface area contributed by atoms with Crippen molar-refractivity contribution in [3.63, 3.8) is 0 Å². The molecule has 2 atom stereocenters. The first kappa shape index (κ1) is 12.6. The van der Waals surface area contributed by atoms with E-state index in [2.05, 4.69) is 5.32 Å². The Balaban J connectivity index is 2.04. The Morgan fingerprint density at radius 3 is 2.88 bits per heavy atom. The minimum atomic E-state index is -2.97. The van der Waals surface area contributed by atoms with Gasteiger partial charge >= 0.3 is 6.09 Å². The van der Waals surface area contributed by atoms with E-state index in [1.807, 2.05) is 7.05 Å². The molecule has 6 nitrogen and oxygen atoms in total. The maximum Gasteiger partial charge on any atom is 0.410 e. The van der Waals surface area contributed by atoms with E-state index < -0.39 is 9.84 Å². The molecule has 0 aromatic rings. The topological polar surface area (TPSA) is 75.7 Å². The zero-order valence-electron chi connectivity index (χ0n) is 9.89. The Kier molecular flexibility index (Phi) is 3.58. The molecule has 17 heavy (non-hydrogen) atoms. The molecule has 0 spiro atoms. The summed E-state index contributed by atoms with van der Waals surface area (Å²) in [6.45, 7) is 1.16. The maximum absolute atomic E-state index is 11.6. The van der Waals surface area contributed by atoms with Crippen molar-refractivity contribution in [3.05, 3.63) is 0 Å². The number of nitrogens with one attached hydrogen (secondary N) is 1. The molecule has 0 saturated carbocycles. The largest absolute Gasteiger partial charge is 0.447 e. The van der Waals surface area contributed by atoms with Crippen LogP contribution < -0.4 is 5.32 Å². The van der Waals surface area contributed by atoms with Gasteiger partial charge in [0, 0.05) is 0 Å². The first-order valence-corrected chi connectivity index (χ1v) is 7.66. The molecule has 98 valence electrons. The van der Waals surface area contributed by atoms with Gasteiger partial charge in [0.25, 0.3) is 0 Å². The fraction of sp³-hybridized carbons (Fsp3) is 0.900. The molecule has 0 radical (unpaired) electrons. The third kappa shape index (κ3) is 2.71. The summed E-state index contributed by atoms with van der Waals surface area (Å²) < 4.78 is 27.9. The smallest absolute Gasteiger partial charge is 0.410 e. The summed E-state index contributed by atoms with van der Waals surface area (Å²) in [5, 5.41) is 3.03.